The lowest BCUT2D eigenvalue weighted by Crippen LogP contribution is -2.51. The van der Waals surface area contributed by atoms with E-state index in [9.17, 15) is 4.79 Å². The average Bonchev–Trinajstić information content (AvgIpc) is 2.26. The van der Waals surface area contributed by atoms with E-state index in [4.69, 9.17) is 5.73 Å². The normalized spacial score (nSPS) is 28.2. The lowest BCUT2D eigenvalue weighted by molar-refractivity contribution is -0.140. The summed E-state index contributed by atoms with van der Waals surface area (Å²) in [5, 5.41) is 0. The molecule has 3 atom stereocenters. The fourth-order valence-corrected chi connectivity index (χ4v) is 2.31. The van der Waals surface area contributed by atoms with Gasteiger partial charge in [-0.3, -0.25) is 4.79 Å². The molecule has 94 valence electrons. The molecular weight excluding hydrogens is 200 g/mol. The number of likely N-dealkylation sites (tertiary alicyclic amines) is 1. The van der Waals surface area contributed by atoms with E-state index in [1.54, 1.807) is 0 Å². The first-order chi connectivity index (χ1) is 7.47. The van der Waals surface area contributed by atoms with E-state index in [0.29, 0.717) is 18.4 Å². The van der Waals surface area contributed by atoms with E-state index in [2.05, 4.69) is 20.8 Å². The summed E-state index contributed by atoms with van der Waals surface area (Å²) in [6.45, 7) is 9.97. The van der Waals surface area contributed by atoms with Crippen LogP contribution in [0.15, 0.2) is 0 Å². The zero-order valence-corrected chi connectivity index (χ0v) is 11.1. The van der Waals surface area contributed by atoms with Crippen LogP contribution < -0.4 is 5.73 Å². The molecule has 1 rings (SSSR count). The highest BCUT2D eigenvalue weighted by Crippen LogP contribution is 2.25. The lowest BCUT2D eigenvalue weighted by atomic mass is 9.89. The molecule has 0 aromatic heterocycles. The van der Waals surface area contributed by atoms with E-state index in [1.165, 1.54) is 0 Å². The summed E-state index contributed by atoms with van der Waals surface area (Å²) in [6, 6.07) is 0.262. The van der Waals surface area contributed by atoms with Crippen LogP contribution in [0.3, 0.4) is 0 Å². The van der Waals surface area contributed by atoms with Gasteiger partial charge in [-0.15, -0.1) is 0 Å². The number of piperidine rings is 1. The predicted molar refractivity (Wildman–Crippen MR) is 67.0 cm³/mol. The van der Waals surface area contributed by atoms with Gasteiger partial charge in [0.1, 0.15) is 0 Å². The highest BCUT2D eigenvalue weighted by molar-refractivity contribution is 5.79. The van der Waals surface area contributed by atoms with Gasteiger partial charge >= 0.3 is 0 Å². The Kier molecular flexibility index (Phi) is 4.78. The van der Waals surface area contributed by atoms with E-state index in [0.717, 1.165) is 19.4 Å². The van der Waals surface area contributed by atoms with E-state index in [1.807, 2.05) is 11.8 Å². The first kappa shape index (κ1) is 13.5. The molecule has 1 aliphatic rings. The number of rotatable bonds is 3. The fourth-order valence-electron chi connectivity index (χ4n) is 2.31. The Morgan fingerprint density at radius 1 is 1.44 bits per heavy atom. The minimum atomic E-state index is 0.113. The van der Waals surface area contributed by atoms with Crippen molar-refractivity contribution < 1.29 is 4.79 Å². The van der Waals surface area contributed by atoms with Gasteiger partial charge in [0.15, 0.2) is 0 Å². The van der Waals surface area contributed by atoms with Crippen LogP contribution in [0.4, 0.5) is 0 Å². The maximum Gasteiger partial charge on any atom is 0.225 e. The minimum absolute atomic E-state index is 0.113. The summed E-state index contributed by atoms with van der Waals surface area (Å²) in [5.41, 5.74) is 5.78. The molecule has 0 aromatic carbocycles. The highest BCUT2D eigenvalue weighted by Gasteiger charge is 2.31. The van der Waals surface area contributed by atoms with E-state index < -0.39 is 0 Å². The van der Waals surface area contributed by atoms with Crippen LogP contribution >= 0.6 is 0 Å². The van der Waals surface area contributed by atoms with Crippen molar-refractivity contribution in [3.05, 3.63) is 0 Å². The van der Waals surface area contributed by atoms with Crippen LogP contribution in [-0.4, -0.2) is 29.9 Å². The van der Waals surface area contributed by atoms with Gasteiger partial charge in [0.05, 0.1) is 0 Å². The van der Waals surface area contributed by atoms with Crippen LogP contribution in [0.2, 0.25) is 0 Å². The lowest BCUT2D eigenvalue weighted by Gasteiger charge is -2.39. The summed E-state index contributed by atoms with van der Waals surface area (Å²) in [7, 11) is 0. The van der Waals surface area contributed by atoms with Crippen LogP contribution in [0.25, 0.3) is 0 Å². The molecular formula is C13H26N2O. The summed E-state index contributed by atoms with van der Waals surface area (Å²) in [6.07, 6.45) is 2.18. The molecule has 1 heterocycles. The molecule has 1 saturated heterocycles. The molecule has 1 amide bonds. The molecule has 3 heteroatoms. The molecule has 3 unspecified atom stereocenters. The number of carbonyl (C=O) groups excluding carboxylic acids is 1. The first-order valence-electron chi connectivity index (χ1n) is 6.47. The van der Waals surface area contributed by atoms with Crippen molar-refractivity contribution in [1.82, 2.24) is 4.90 Å². The largest absolute Gasteiger partial charge is 0.338 e. The molecule has 0 radical (unpaired) electrons. The molecule has 0 aromatic rings. The molecule has 16 heavy (non-hydrogen) atoms. The Hall–Kier alpha value is -0.570. The SMILES string of the molecule is CC1CCN(C(=O)C(C)C(C)C)C(CN)C1. The van der Waals surface area contributed by atoms with E-state index in [-0.39, 0.29) is 17.9 Å². The van der Waals surface area contributed by atoms with Gasteiger partial charge in [0.2, 0.25) is 5.91 Å². The third-order valence-electron chi connectivity index (χ3n) is 3.92. The number of hydrogen-bond donors (Lipinski definition) is 1. The molecule has 0 spiro atoms. The maximum atomic E-state index is 12.3. The number of nitrogens with two attached hydrogens (primary N) is 1. The van der Waals surface area contributed by atoms with E-state index >= 15 is 0 Å². The van der Waals surface area contributed by atoms with Gasteiger partial charge in [0, 0.05) is 25.0 Å². The third-order valence-corrected chi connectivity index (χ3v) is 3.92. The zero-order chi connectivity index (χ0) is 12.3. The monoisotopic (exact) mass is 226 g/mol. The van der Waals surface area contributed by atoms with Gasteiger partial charge in [0.25, 0.3) is 0 Å². The third kappa shape index (κ3) is 2.97. The Morgan fingerprint density at radius 2 is 2.06 bits per heavy atom. The average molecular weight is 226 g/mol. The topological polar surface area (TPSA) is 46.3 Å². The summed E-state index contributed by atoms with van der Waals surface area (Å²) in [4.78, 5) is 14.3. The number of nitrogens with zero attached hydrogens (tertiary/aromatic N) is 1. The number of amides is 1. The standard InChI is InChI=1S/C13H26N2O/c1-9(2)11(4)13(16)15-6-5-10(3)7-12(15)8-14/h9-12H,5-8,14H2,1-4H3. The molecule has 0 bridgehead atoms. The molecule has 0 aliphatic carbocycles. The first-order valence-corrected chi connectivity index (χ1v) is 6.47. The van der Waals surface area contributed by atoms with Crippen molar-refractivity contribution in [2.45, 2.75) is 46.6 Å². The predicted octanol–water partition coefficient (Wildman–Crippen LogP) is 1.86. The summed E-state index contributed by atoms with van der Waals surface area (Å²) >= 11 is 0. The van der Waals surface area contributed by atoms with Gasteiger partial charge in [-0.05, 0) is 24.7 Å². The van der Waals surface area contributed by atoms with Crippen molar-refractivity contribution in [2.75, 3.05) is 13.1 Å². The second kappa shape index (κ2) is 5.67. The van der Waals surface area contributed by atoms with Crippen LogP contribution in [0.1, 0.15) is 40.5 Å². The van der Waals surface area contributed by atoms with Gasteiger partial charge < -0.3 is 10.6 Å². The fraction of sp³-hybridized carbons (Fsp3) is 0.923. The second-order valence-corrected chi connectivity index (χ2v) is 5.58. The van der Waals surface area contributed by atoms with Crippen molar-refractivity contribution in [3.8, 4) is 0 Å². The van der Waals surface area contributed by atoms with Gasteiger partial charge in [-0.25, -0.2) is 0 Å². The smallest absolute Gasteiger partial charge is 0.225 e. The van der Waals surface area contributed by atoms with Gasteiger partial charge in [-0.1, -0.05) is 27.7 Å². The highest BCUT2D eigenvalue weighted by atomic mass is 16.2. The zero-order valence-electron chi connectivity index (χ0n) is 11.1. The Labute approximate surface area is 99.4 Å². The van der Waals surface area contributed by atoms with Crippen molar-refractivity contribution in [3.63, 3.8) is 0 Å². The van der Waals surface area contributed by atoms with Crippen molar-refractivity contribution >= 4 is 5.91 Å². The van der Waals surface area contributed by atoms with Crippen LogP contribution in [0.5, 0.6) is 0 Å². The Morgan fingerprint density at radius 3 is 2.56 bits per heavy atom. The van der Waals surface area contributed by atoms with Crippen LogP contribution in [-0.2, 0) is 4.79 Å². The van der Waals surface area contributed by atoms with Gasteiger partial charge in [-0.2, -0.15) is 0 Å². The molecule has 1 fully saturated rings. The summed E-state index contributed by atoms with van der Waals surface area (Å²) < 4.78 is 0. The Bertz CT molecular complexity index is 240. The molecule has 1 aliphatic heterocycles. The number of hydrogen-bond acceptors (Lipinski definition) is 2. The summed E-state index contributed by atoms with van der Waals surface area (Å²) in [5.74, 6) is 1.51. The van der Waals surface area contributed by atoms with Crippen molar-refractivity contribution in [2.24, 2.45) is 23.5 Å². The quantitative estimate of drug-likeness (QED) is 0.798. The second-order valence-electron chi connectivity index (χ2n) is 5.58. The molecule has 2 N–H and O–H groups in total. The molecule has 3 nitrogen and oxygen atoms in total. The molecule has 0 saturated carbocycles. The van der Waals surface area contributed by atoms with Crippen molar-refractivity contribution in [1.29, 1.82) is 0 Å². The number of carbonyl (C=O) groups is 1. The van der Waals surface area contributed by atoms with Crippen LogP contribution in [0, 0.1) is 17.8 Å². The minimum Gasteiger partial charge on any atom is -0.338 e. The Balaban J connectivity index is 2.67. The maximum absolute atomic E-state index is 12.3.